The number of rotatable bonds is 15. The number of esters is 2. The topological polar surface area (TPSA) is 144 Å². The minimum absolute atomic E-state index is 0.0108. The number of aryl methyl sites for hydroxylation is 2. The lowest BCUT2D eigenvalue weighted by atomic mass is 10.0. The molecule has 0 aromatic heterocycles. The quantitative estimate of drug-likeness (QED) is 0.191. The van der Waals surface area contributed by atoms with E-state index >= 15 is 0 Å². The lowest BCUT2D eigenvalue weighted by molar-refractivity contribution is -0.181. The summed E-state index contributed by atoms with van der Waals surface area (Å²) in [7, 11) is 0. The number of ether oxygens (including phenoxy) is 6. The third-order valence-corrected chi connectivity index (χ3v) is 7.80. The Bertz CT molecular complexity index is 1440. The molecule has 0 bridgehead atoms. The molecule has 0 amide bonds. The van der Waals surface area contributed by atoms with Crippen LogP contribution < -0.4 is 9.47 Å². The van der Waals surface area contributed by atoms with Gasteiger partial charge >= 0.3 is 11.9 Å². The lowest BCUT2D eigenvalue weighted by Gasteiger charge is -2.35. The number of carbonyl (C=O) groups excluding carboxylic acids is 2. The second kappa shape index (κ2) is 16.3. The van der Waals surface area contributed by atoms with Crippen molar-refractivity contribution in [3.05, 3.63) is 57.6 Å². The van der Waals surface area contributed by atoms with Crippen molar-refractivity contribution in [2.75, 3.05) is 39.4 Å². The van der Waals surface area contributed by atoms with Crippen molar-refractivity contribution in [3.63, 3.8) is 0 Å². The number of nitrogens with zero attached hydrogens (tertiary/aromatic N) is 4. The zero-order valence-corrected chi connectivity index (χ0v) is 28.8. The van der Waals surface area contributed by atoms with E-state index in [-0.39, 0.29) is 39.1 Å². The van der Waals surface area contributed by atoms with Crippen LogP contribution in [0.3, 0.4) is 0 Å². The monoisotopic (exact) mass is 662 g/mol. The molecule has 0 fully saturated rings. The van der Waals surface area contributed by atoms with Crippen LogP contribution >= 0.6 is 0 Å². The number of nitriles is 2. The van der Waals surface area contributed by atoms with E-state index in [9.17, 15) is 9.59 Å². The van der Waals surface area contributed by atoms with Gasteiger partial charge < -0.3 is 28.4 Å². The first-order chi connectivity index (χ1) is 22.8. The van der Waals surface area contributed by atoms with Crippen LogP contribution in [0.25, 0.3) is 0 Å². The van der Waals surface area contributed by atoms with Gasteiger partial charge in [-0.2, -0.15) is 10.5 Å². The first-order valence-corrected chi connectivity index (χ1v) is 16.2. The summed E-state index contributed by atoms with van der Waals surface area (Å²) in [6.45, 7) is 13.7. The van der Waals surface area contributed by atoms with E-state index in [2.05, 4.69) is 0 Å². The average Bonchev–Trinajstić information content (AvgIpc) is 3.00. The zero-order valence-electron chi connectivity index (χ0n) is 28.8. The van der Waals surface area contributed by atoms with Crippen LogP contribution in [0.5, 0.6) is 11.5 Å². The van der Waals surface area contributed by atoms with Crippen LogP contribution in [-0.2, 0) is 54.8 Å². The summed E-state index contributed by atoms with van der Waals surface area (Å²) in [4.78, 5) is 29.8. The highest BCUT2D eigenvalue weighted by Crippen LogP contribution is 2.37. The SMILES string of the molecule is Cc1cc2c(c(CN(CCN(CC(=O)OCCC#N)Cc3cc(C)cc4c3OC(C)(C)OC4)CC(=O)OCCC#N)c1)OC(C)(C)OC2. The third-order valence-electron chi connectivity index (χ3n) is 7.80. The molecule has 0 saturated carbocycles. The smallest absolute Gasteiger partial charge is 0.320 e. The molecule has 0 radical (unpaired) electrons. The van der Waals surface area contributed by atoms with E-state index in [1.165, 1.54) is 0 Å². The van der Waals surface area contributed by atoms with Gasteiger partial charge in [0.05, 0.1) is 51.3 Å². The van der Waals surface area contributed by atoms with Crippen LogP contribution in [-0.4, -0.2) is 72.7 Å². The van der Waals surface area contributed by atoms with Crippen LogP contribution in [0, 0.1) is 36.5 Å². The fourth-order valence-electron chi connectivity index (χ4n) is 5.69. The summed E-state index contributed by atoms with van der Waals surface area (Å²) in [5.74, 6) is -1.08. The van der Waals surface area contributed by atoms with Crippen molar-refractivity contribution >= 4 is 11.9 Å². The molecule has 48 heavy (non-hydrogen) atoms. The van der Waals surface area contributed by atoms with Gasteiger partial charge in [-0.15, -0.1) is 0 Å². The Balaban J connectivity index is 1.60. The molecule has 12 nitrogen and oxygen atoms in total. The Labute approximate surface area is 283 Å². The fraction of sp³-hybridized carbons (Fsp3) is 0.556. The van der Waals surface area contributed by atoms with E-state index in [0.717, 1.165) is 44.9 Å². The largest absolute Gasteiger partial charge is 0.464 e. The summed E-state index contributed by atoms with van der Waals surface area (Å²) in [6.07, 6.45) is 0.207. The first-order valence-electron chi connectivity index (χ1n) is 16.2. The van der Waals surface area contributed by atoms with Crippen LogP contribution in [0.15, 0.2) is 24.3 Å². The van der Waals surface area contributed by atoms with Gasteiger partial charge in [-0.05, 0) is 13.8 Å². The molecule has 2 aromatic rings. The van der Waals surface area contributed by atoms with E-state index in [0.29, 0.717) is 39.4 Å². The Kier molecular flexibility index (Phi) is 12.4. The molecule has 0 unspecified atom stereocenters. The molecule has 0 atom stereocenters. The van der Waals surface area contributed by atoms with Crippen molar-refractivity contribution < 1.29 is 38.0 Å². The molecular formula is C36H46N4O8. The summed E-state index contributed by atoms with van der Waals surface area (Å²) >= 11 is 0. The maximum atomic E-state index is 12.9. The molecular weight excluding hydrogens is 616 g/mol. The number of benzene rings is 2. The maximum Gasteiger partial charge on any atom is 0.320 e. The van der Waals surface area contributed by atoms with Crippen LogP contribution in [0.2, 0.25) is 0 Å². The van der Waals surface area contributed by atoms with Crippen molar-refractivity contribution in [2.45, 2.75) is 92.3 Å². The predicted molar refractivity (Wildman–Crippen MR) is 174 cm³/mol. The third kappa shape index (κ3) is 10.7. The number of carbonyl (C=O) groups is 2. The normalized spacial score (nSPS) is 15.7. The first kappa shape index (κ1) is 36.6. The van der Waals surface area contributed by atoms with Crippen LogP contribution in [0.4, 0.5) is 0 Å². The molecule has 12 heteroatoms. The summed E-state index contributed by atoms with van der Waals surface area (Å²) in [5.41, 5.74) is 5.72. The molecule has 4 rings (SSSR count). The molecule has 2 aliphatic rings. The van der Waals surface area contributed by atoms with Crippen molar-refractivity contribution in [2.24, 2.45) is 0 Å². The highest BCUT2D eigenvalue weighted by atomic mass is 16.7. The Hall–Kier alpha value is -4.20. The van der Waals surface area contributed by atoms with Crippen LogP contribution in [0.1, 0.15) is 73.9 Å². The summed E-state index contributed by atoms with van der Waals surface area (Å²) in [6, 6.07) is 12.1. The molecule has 0 aliphatic carbocycles. The molecule has 258 valence electrons. The van der Waals surface area contributed by atoms with Crippen molar-refractivity contribution in [1.82, 2.24) is 9.80 Å². The molecule has 2 heterocycles. The Morgan fingerprint density at radius 1 is 0.729 bits per heavy atom. The Morgan fingerprint density at radius 2 is 1.12 bits per heavy atom. The van der Waals surface area contributed by atoms with E-state index < -0.39 is 23.5 Å². The van der Waals surface area contributed by atoms with Gasteiger partial charge in [-0.1, -0.05) is 35.4 Å². The molecule has 0 saturated heterocycles. The number of fused-ring (bicyclic) bond motifs is 2. The maximum absolute atomic E-state index is 12.9. The van der Waals surface area contributed by atoms with Gasteiger partial charge in [0.15, 0.2) is 0 Å². The molecule has 0 N–H and O–H groups in total. The minimum atomic E-state index is -0.810. The molecule has 0 spiro atoms. The van der Waals surface area contributed by atoms with Crippen molar-refractivity contribution in [1.29, 1.82) is 10.5 Å². The van der Waals surface area contributed by atoms with Gasteiger partial charge in [-0.3, -0.25) is 19.4 Å². The van der Waals surface area contributed by atoms with E-state index in [4.69, 9.17) is 38.9 Å². The molecule has 2 aromatic carbocycles. The number of hydrogen-bond donors (Lipinski definition) is 0. The highest BCUT2D eigenvalue weighted by molar-refractivity contribution is 5.72. The van der Waals surface area contributed by atoms with E-state index in [1.807, 2.05) is 87.7 Å². The second-order valence-corrected chi connectivity index (χ2v) is 13.1. The highest BCUT2D eigenvalue weighted by Gasteiger charge is 2.32. The average molecular weight is 663 g/mol. The van der Waals surface area contributed by atoms with Crippen molar-refractivity contribution in [3.8, 4) is 23.6 Å². The lowest BCUT2D eigenvalue weighted by Crippen LogP contribution is -2.41. The van der Waals surface area contributed by atoms with Gasteiger partial charge in [-0.25, -0.2) is 0 Å². The predicted octanol–water partition coefficient (Wildman–Crippen LogP) is 4.81. The minimum Gasteiger partial charge on any atom is -0.464 e. The summed E-state index contributed by atoms with van der Waals surface area (Å²) in [5, 5.41) is 17.8. The number of hydrogen-bond acceptors (Lipinski definition) is 12. The van der Waals surface area contributed by atoms with Gasteiger partial charge in [0.25, 0.3) is 0 Å². The summed E-state index contributed by atoms with van der Waals surface area (Å²) < 4.78 is 34.9. The van der Waals surface area contributed by atoms with Gasteiger partial charge in [0.1, 0.15) is 24.7 Å². The zero-order chi connectivity index (χ0) is 34.9. The van der Waals surface area contributed by atoms with Gasteiger partial charge in [0, 0.05) is 76.1 Å². The second-order valence-electron chi connectivity index (χ2n) is 13.1. The van der Waals surface area contributed by atoms with E-state index in [1.54, 1.807) is 0 Å². The fourth-order valence-corrected chi connectivity index (χ4v) is 5.69. The molecule has 2 aliphatic heterocycles. The standard InChI is InChI=1S/C36H46N4O8/c1-25-15-27(33-29(17-25)23-45-35(3,4)47-33)19-39(21-31(41)43-13-7-9-37)11-12-40(22-32(42)44-14-8-10-38)20-28-16-26(2)18-30-24-46-36(5,6)48-34(28)30/h15-18H,7-8,11-14,19-24H2,1-6H3. The Morgan fingerprint density at radius 3 is 1.50 bits per heavy atom. The van der Waals surface area contributed by atoms with Gasteiger partial charge in [0.2, 0.25) is 11.6 Å².